The van der Waals surface area contributed by atoms with Crippen molar-refractivity contribution in [2.75, 3.05) is 12.1 Å². The summed E-state index contributed by atoms with van der Waals surface area (Å²) in [5, 5.41) is 4.43. The van der Waals surface area contributed by atoms with Crippen LogP contribution in [-0.2, 0) is 9.59 Å². The Bertz CT molecular complexity index is 597. The number of piperidine rings is 1. The Labute approximate surface area is 124 Å². The highest BCUT2D eigenvalue weighted by Gasteiger charge is 2.39. The Balaban J connectivity index is 1.91. The van der Waals surface area contributed by atoms with Gasteiger partial charge in [0.25, 0.3) is 0 Å². The molecule has 0 saturated carbocycles. The lowest BCUT2D eigenvalue weighted by Crippen LogP contribution is -2.46. The number of carbonyl (C=O) groups excluding carboxylic acids is 2. The molecule has 3 rings (SSSR count). The smallest absolute Gasteiger partial charge is 0.231 e. The number of nitrogens with one attached hydrogen (secondary N) is 2. The maximum Gasteiger partial charge on any atom is 0.231 e. The minimum atomic E-state index is -0.198. The quantitative estimate of drug-likeness (QED) is 0.815. The van der Waals surface area contributed by atoms with Gasteiger partial charge in [-0.25, -0.2) is 5.43 Å². The number of benzene rings is 1. The first-order chi connectivity index (χ1) is 9.97. The van der Waals surface area contributed by atoms with Crippen molar-refractivity contribution in [1.29, 1.82) is 0 Å². The van der Waals surface area contributed by atoms with E-state index in [4.69, 9.17) is 0 Å². The van der Waals surface area contributed by atoms with Crippen LogP contribution in [0.2, 0.25) is 0 Å². The van der Waals surface area contributed by atoms with Crippen LogP contribution in [0.1, 0.15) is 49.8 Å². The molecule has 0 radical (unpaired) electrons. The summed E-state index contributed by atoms with van der Waals surface area (Å²) in [6.07, 6.45) is 1.01. The molecule has 0 aromatic heterocycles. The molecule has 2 N–H and O–H groups in total. The summed E-state index contributed by atoms with van der Waals surface area (Å²) in [6, 6.07) is 6.36. The molecule has 0 spiro atoms. The molecule has 1 fully saturated rings. The monoisotopic (exact) mass is 287 g/mol. The van der Waals surface area contributed by atoms with Gasteiger partial charge in [-0.2, -0.15) is 0 Å². The fraction of sp³-hybridized carbons (Fsp3) is 0.500. The molecule has 0 aliphatic carbocycles. The number of rotatable bonds is 2. The number of carbonyl (C=O) groups is 2. The van der Waals surface area contributed by atoms with Crippen LogP contribution in [-0.4, -0.2) is 18.9 Å². The van der Waals surface area contributed by atoms with Gasteiger partial charge in [0, 0.05) is 13.5 Å². The lowest BCUT2D eigenvalue weighted by atomic mass is 9.86. The summed E-state index contributed by atoms with van der Waals surface area (Å²) in [5.74, 6) is -0.0643. The van der Waals surface area contributed by atoms with E-state index in [0.29, 0.717) is 18.8 Å². The zero-order valence-corrected chi connectivity index (χ0v) is 12.6. The number of amides is 2. The lowest BCUT2D eigenvalue weighted by Gasteiger charge is -2.27. The molecule has 1 aromatic rings. The average Bonchev–Trinajstić information content (AvgIpc) is 2.75. The Hall–Kier alpha value is -1.88. The van der Waals surface area contributed by atoms with E-state index in [1.165, 1.54) is 5.56 Å². The number of hydrogen-bond donors (Lipinski definition) is 2. The van der Waals surface area contributed by atoms with Gasteiger partial charge in [-0.3, -0.25) is 14.9 Å². The number of hydrogen-bond acceptors (Lipinski definition) is 4. The molecule has 21 heavy (non-hydrogen) atoms. The minimum Gasteiger partial charge on any atom is -0.311 e. The van der Waals surface area contributed by atoms with E-state index >= 15 is 0 Å². The van der Waals surface area contributed by atoms with Crippen LogP contribution in [0.25, 0.3) is 0 Å². The van der Waals surface area contributed by atoms with Crippen LogP contribution in [0.15, 0.2) is 18.2 Å². The SMILES string of the molecule is CC(C)c1ccc2c(c1)N(C)NC2C1CCC(=O)NC1=O. The molecule has 5 heteroatoms. The van der Waals surface area contributed by atoms with E-state index < -0.39 is 0 Å². The fourth-order valence-corrected chi connectivity index (χ4v) is 3.16. The van der Waals surface area contributed by atoms with Crippen LogP contribution >= 0.6 is 0 Å². The number of hydrazine groups is 1. The Morgan fingerprint density at radius 3 is 2.71 bits per heavy atom. The van der Waals surface area contributed by atoms with E-state index in [0.717, 1.165) is 11.3 Å². The molecule has 5 nitrogen and oxygen atoms in total. The fourth-order valence-electron chi connectivity index (χ4n) is 3.16. The van der Waals surface area contributed by atoms with E-state index in [1.807, 2.05) is 12.1 Å². The molecule has 2 amide bonds. The molecular formula is C16H21N3O2. The second kappa shape index (κ2) is 5.15. The maximum atomic E-state index is 12.1. The second-order valence-electron chi connectivity index (χ2n) is 6.20. The van der Waals surface area contributed by atoms with E-state index in [9.17, 15) is 9.59 Å². The van der Waals surface area contributed by atoms with Crippen molar-refractivity contribution >= 4 is 17.5 Å². The number of nitrogens with zero attached hydrogens (tertiary/aromatic N) is 1. The summed E-state index contributed by atoms with van der Waals surface area (Å²) in [5.41, 5.74) is 6.90. The van der Waals surface area contributed by atoms with E-state index in [2.05, 4.69) is 42.8 Å². The lowest BCUT2D eigenvalue weighted by molar-refractivity contribution is -0.137. The molecule has 1 aromatic carbocycles. The van der Waals surface area contributed by atoms with Crippen LogP contribution < -0.4 is 15.8 Å². The van der Waals surface area contributed by atoms with Crippen molar-refractivity contribution in [2.24, 2.45) is 5.92 Å². The third-order valence-corrected chi connectivity index (χ3v) is 4.43. The standard InChI is InChI=1S/C16H21N3O2/c1-9(2)10-4-5-11-13(8-10)19(3)18-15(11)12-6-7-14(20)17-16(12)21/h4-5,8-9,12,15,18H,6-7H2,1-3H3,(H,17,20,21). The molecule has 112 valence electrons. The number of imide groups is 1. The van der Waals surface area contributed by atoms with Crippen LogP contribution in [0.5, 0.6) is 0 Å². The third kappa shape index (κ3) is 2.42. The first-order valence-corrected chi connectivity index (χ1v) is 7.45. The normalized spacial score (nSPS) is 25.2. The van der Waals surface area contributed by atoms with Gasteiger partial charge in [0.05, 0.1) is 17.6 Å². The van der Waals surface area contributed by atoms with Crippen molar-refractivity contribution in [3.63, 3.8) is 0 Å². The van der Waals surface area contributed by atoms with Gasteiger partial charge < -0.3 is 5.01 Å². The summed E-state index contributed by atoms with van der Waals surface area (Å²) >= 11 is 0. The molecule has 0 bridgehead atoms. The van der Waals surface area contributed by atoms with Gasteiger partial charge in [0.2, 0.25) is 11.8 Å². The molecule has 2 heterocycles. The number of anilines is 1. The predicted octanol–water partition coefficient (Wildman–Crippen LogP) is 1.86. The zero-order chi connectivity index (χ0) is 15.1. The molecule has 2 aliphatic heterocycles. The van der Waals surface area contributed by atoms with E-state index in [1.54, 1.807) is 0 Å². The van der Waals surface area contributed by atoms with Crippen molar-refractivity contribution in [3.8, 4) is 0 Å². The van der Waals surface area contributed by atoms with Gasteiger partial charge in [0.1, 0.15) is 0 Å². The highest BCUT2D eigenvalue weighted by Crippen LogP contribution is 2.40. The highest BCUT2D eigenvalue weighted by atomic mass is 16.2. The zero-order valence-electron chi connectivity index (χ0n) is 12.6. The Kier molecular flexibility index (Phi) is 3.45. The van der Waals surface area contributed by atoms with Crippen LogP contribution in [0.3, 0.4) is 0 Å². The van der Waals surface area contributed by atoms with E-state index in [-0.39, 0.29) is 23.8 Å². The topological polar surface area (TPSA) is 61.4 Å². The first kappa shape index (κ1) is 14.1. The van der Waals surface area contributed by atoms with Crippen molar-refractivity contribution in [1.82, 2.24) is 10.7 Å². The predicted molar refractivity (Wildman–Crippen MR) is 80.7 cm³/mol. The van der Waals surface area contributed by atoms with Gasteiger partial charge in [-0.05, 0) is 29.5 Å². The second-order valence-corrected chi connectivity index (χ2v) is 6.20. The third-order valence-electron chi connectivity index (χ3n) is 4.43. The van der Waals surface area contributed by atoms with Crippen LogP contribution in [0, 0.1) is 5.92 Å². The van der Waals surface area contributed by atoms with Gasteiger partial charge >= 0.3 is 0 Å². The minimum absolute atomic E-state index is 0.0562. The van der Waals surface area contributed by atoms with Gasteiger partial charge in [-0.15, -0.1) is 0 Å². The molecule has 2 atom stereocenters. The highest BCUT2D eigenvalue weighted by molar-refractivity contribution is 5.99. The van der Waals surface area contributed by atoms with Gasteiger partial charge in [0.15, 0.2) is 0 Å². The summed E-state index contributed by atoms with van der Waals surface area (Å²) in [6.45, 7) is 4.34. The molecule has 1 saturated heterocycles. The van der Waals surface area contributed by atoms with Gasteiger partial charge in [-0.1, -0.05) is 26.0 Å². The largest absolute Gasteiger partial charge is 0.311 e. The van der Waals surface area contributed by atoms with Crippen molar-refractivity contribution in [2.45, 2.75) is 38.6 Å². The molecule has 2 unspecified atom stereocenters. The Morgan fingerprint density at radius 1 is 1.29 bits per heavy atom. The molecular weight excluding hydrogens is 266 g/mol. The van der Waals surface area contributed by atoms with Crippen LogP contribution in [0.4, 0.5) is 5.69 Å². The average molecular weight is 287 g/mol. The first-order valence-electron chi connectivity index (χ1n) is 7.45. The summed E-state index contributed by atoms with van der Waals surface area (Å²) in [7, 11) is 1.97. The number of fused-ring (bicyclic) bond motifs is 1. The van der Waals surface area contributed by atoms with Crippen molar-refractivity contribution < 1.29 is 9.59 Å². The summed E-state index contributed by atoms with van der Waals surface area (Å²) in [4.78, 5) is 23.4. The molecule has 2 aliphatic rings. The maximum absolute atomic E-state index is 12.1. The van der Waals surface area contributed by atoms with Crippen molar-refractivity contribution in [3.05, 3.63) is 29.3 Å². The summed E-state index contributed by atoms with van der Waals surface area (Å²) < 4.78 is 0. The Morgan fingerprint density at radius 2 is 2.05 bits per heavy atom.